The van der Waals surface area contributed by atoms with Gasteiger partial charge in [-0.15, -0.1) is 24.0 Å². The Morgan fingerprint density at radius 2 is 0.733 bits per heavy atom. The zero-order valence-electron chi connectivity index (χ0n) is 73.7. The Labute approximate surface area is 840 Å². The van der Waals surface area contributed by atoms with Gasteiger partial charge in [0.1, 0.15) is 34.4 Å². The van der Waals surface area contributed by atoms with Gasteiger partial charge in [-0.3, -0.25) is 13.7 Å². The van der Waals surface area contributed by atoms with Crippen LogP contribution in [0.5, 0.6) is 0 Å². The number of aryl methyl sites for hydroxylation is 4. The van der Waals surface area contributed by atoms with Crippen molar-refractivity contribution in [1.29, 1.82) is 0 Å². The second-order valence-corrected chi connectivity index (χ2v) is 45.9. The number of halogens is 10. The molecule has 19 rings (SSSR count). The highest BCUT2D eigenvalue weighted by atomic mass is 127. The Kier molecular flexibility index (Phi) is 37.5. The summed E-state index contributed by atoms with van der Waals surface area (Å²) in [4.78, 5) is 23.2. The lowest BCUT2D eigenvalue weighted by atomic mass is 10.0. The molecule has 3 aliphatic heterocycles. The minimum absolute atomic E-state index is 0. The molecule has 6 aliphatic carbocycles. The van der Waals surface area contributed by atoms with Crippen molar-refractivity contribution in [3.8, 4) is 33.8 Å². The van der Waals surface area contributed by atoms with Crippen LogP contribution in [0.4, 0.5) is 11.4 Å². The third-order valence-electron chi connectivity index (χ3n) is 25.6. The van der Waals surface area contributed by atoms with Crippen molar-refractivity contribution in [2.75, 3.05) is 79.7 Å². The van der Waals surface area contributed by atoms with Gasteiger partial charge >= 0.3 is 22.8 Å². The molecule has 10 aromatic rings. The number of anilines is 2. The molecule has 0 amide bonds. The standard InChI is InChI=1S/C31H37Cl2N2O5P.C27H29Cl2N2O5P.C19H20Cl2N2O2.C12H18BrO3P.C8H8Br2.HI/c1-3-38-41(36,39-4-2)15-14-20-8-12-23(13-9-20)35-18-22-16-24(35)17-28(22)37-19-25-30(34-40-31(25)21-10-11-21)29-26(32)6-5-7-27(29)33;28-22-2-1-3-23(29)25(22)26-21(27(36-30-26)17-6-7-17)15-35-24-13-20-12-18(24)14-31(20)19-8-4-16(5-9-19)10-11-37(32,33)34;20-14-2-1-3-15(21)17(14)18-13(19(25-23-18)10-4-5-10)9-24-16-7-12-6-11(16)8-22-12;1-3-15-17(14,16-4-2)10-9-11-5-7-12(13)8-6-11;9-6-5-7-1-3-8(10)4-2-7;/h5-9,12-13,21-22,24,28H,3-4,10-11,14-19H2,1-2H3;1-5,8-9,17-18,20,24H,6-7,10-15H2,(H2,32,33,34);1-3,10-12,16,22H,4-9H2;5-8H,3-4,9-10H2,1-2H3;1-4H,5-6H2;1H/t22-,24-,28+;18-,20-,24+;11-,12-,16+;;;/m000.../s1. The number of hydrogen-bond donors (Lipinski definition) is 3. The number of alkyl halides is 1. The van der Waals surface area contributed by atoms with E-state index in [9.17, 15) is 13.7 Å². The van der Waals surface area contributed by atoms with Crippen LogP contribution in [-0.2, 0) is 91.5 Å². The minimum Gasteiger partial charge on any atom is -0.373 e. The smallest absolute Gasteiger partial charge is 0.330 e. The van der Waals surface area contributed by atoms with Crippen LogP contribution in [0, 0.1) is 17.8 Å². The molecule has 131 heavy (non-hydrogen) atoms. The first-order chi connectivity index (χ1) is 62.8. The molecule has 9 fully saturated rings. The molecule has 3 N–H and O–H groups in total. The van der Waals surface area contributed by atoms with Gasteiger partial charge < -0.3 is 70.8 Å². The number of benzene rings is 7. The summed E-state index contributed by atoms with van der Waals surface area (Å²) in [7, 11) is -9.93. The van der Waals surface area contributed by atoms with E-state index in [-0.39, 0.29) is 42.3 Å². The molecule has 6 heterocycles. The summed E-state index contributed by atoms with van der Waals surface area (Å²) in [5, 5.41) is 21.1. The number of nitrogens with one attached hydrogen (secondary N) is 1. The highest BCUT2D eigenvalue weighted by Crippen LogP contribution is 2.54. The van der Waals surface area contributed by atoms with Crippen molar-refractivity contribution < 1.29 is 69.4 Å². The lowest BCUT2D eigenvalue weighted by molar-refractivity contribution is 0.00913. The fourth-order valence-electron chi connectivity index (χ4n) is 18.6. The van der Waals surface area contributed by atoms with Crippen LogP contribution in [0.25, 0.3) is 33.8 Å². The fraction of sp³-hybridized carbons (Fsp3) is 0.474. The Morgan fingerprint density at radius 3 is 1.01 bits per heavy atom. The number of nitrogens with zero attached hydrogens (tertiary/aromatic N) is 5. The van der Waals surface area contributed by atoms with E-state index in [4.69, 9.17) is 125 Å². The molecule has 9 aliphatic rings. The first kappa shape index (κ1) is 103. The van der Waals surface area contributed by atoms with Crippen LogP contribution in [0.15, 0.2) is 174 Å². The molecule has 9 atom stereocenters. The van der Waals surface area contributed by atoms with Gasteiger partial charge in [0.25, 0.3) is 0 Å². The van der Waals surface area contributed by atoms with E-state index in [1.165, 1.54) is 17.7 Å². The van der Waals surface area contributed by atoms with Gasteiger partial charge in [0.2, 0.25) is 0 Å². The number of rotatable bonds is 36. The van der Waals surface area contributed by atoms with E-state index in [1.54, 1.807) is 0 Å². The van der Waals surface area contributed by atoms with Gasteiger partial charge in [0.15, 0.2) is 0 Å². The maximum absolute atomic E-state index is 12.8. The topological polar surface area (TPSA) is 253 Å². The average molecular weight is 2280 g/mol. The predicted octanol–water partition coefficient (Wildman–Crippen LogP) is 28.0. The fourth-order valence-corrected chi connectivity index (χ4v) is 25.2. The molecule has 706 valence electrons. The van der Waals surface area contributed by atoms with Crippen LogP contribution in [-0.4, -0.2) is 132 Å². The third kappa shape index (κ3) is 27.2. The Bertz CT molecular complexity index is 5500. The summed E-state index contributed by atoms with van der Waals surface area (Å²) < 4.78 is 96.4. The van der Waals surface area contributed by atoms with E-state index in [0.29, 0.717) is 190 Å². The number of hydrogen-bond acceptors (Lipinski definition) is 19. The van der Waals surface area contributed by atoms with Gasteiger partial charge in [-0.2, -0.15) is 0 Å². The molecule has 6 saturated carbocycles. The molecule has 3 aromatic heterocycles. The number of piperidine rings is 3. The van der Waals surface area contributed by atoms with Crippen LogP contribution in [0.3, 0.4) is 0 Å². The van der Waals surface area contributed by atoms with Crippen LogP contribution in [0.2, 0.25) is 30.1 Å². The third-order valence-corrected chi connectivity index (χ3v) is 33.9. The molecule has 0 spiro atoms. The molecule has 7 aromatic carbocycles. The van der Waals surface area contributed by atoms with Crippen molar-refractivity contribution in [3.05, 3.63) is 247 Å². The molecule has 34 heteroatoms. The lowest BCUT2D eigenvalue weighted by Gasteiger charge is -2.33. The Hall–Kier alpha value is -4.03. The van der Waals surface area contributed by atoms with E-state index in [0.717, 1.165) is 179 Å². The van der Waals surface area contributed by atoms with Crippen molar-refractivity contribution in [3.63, 3.8) is 0 Å². The van der Waals surface area contributed by atoms with Gasteiger partial charge in [-0.1, -0.05) is 200 Å². The number of ether oxygens (including phenoxy) is 3. The molecule has 3 saturated heterocycles. The summed E-state index contributed by atoms with van der Waals surface area (Å²) in [6.45, 7) is 13.3. The first-order valence-electron chi connectivity index (χ1n) is 45.2. The lowest BCUT2D eigenvalue weighted by Crippen LogP contribution is -2.38. The Balaban J connectivity index is 0.000000140. The normalized spacial score (nSPS) is 21.1. The largest absolute Gasteiger partial charge is 0.373 e. The van der Waals surface area contributed by atoms with Gasteiger partial charge in [-0.25, -0.2) is 0 Å². The highest BCUT2D eigenvalue weighted by molar-refractivity contribution is 14.0. The number of aromatic nitrogens is 3. The van der Waals surface area contributed by atoms with Crippen LogP contribution >= 0.6 is 164 Å². The maximum Gasteiger partial charge on any atom is 0.330 e. The van der Waals surface area contributed by atoms with Gasteiger partial charge in [-0.05, 0) is 244 Å². The summed E-state index contributed by atoms with van der Waals surface area (Å²) in [5.41, 5.74) is 14.2. The SMILES string of the molecule is BrCCc1ccc(Br)cc1.CCOP(=O)(CCc1ccc(Br)cc1)OCC.CCOP(=O)(CCc1ccc(N2C[C@@H]3C[C@H]2C[C@H]3OCc2c(-c3c(Cl)cccc3Cl)noc2C2CC2)cc1)OCC.Clc1cccc(Cl)c1-c1noc(C2CC2)c1CO[C@@H]1C[C@@H]2C[C@H]1CN2.I.O=P(O)(O)CCc1ccc(N2C[C@@H]3C[C@H]2C[C@H]3OCc2c(-c3c(Cl)cccc3Cl)noc2C2CC2)cc1. The second kappa shape index (κ2) is 47.8. The highest BCUT2D eigenvalue weighted by Gasteiger charge is 2.49. The number of fused-ring (bicyclic) bond motifs is 6. The summed E-state index contributed by atoms with van der Waals surface area (Å²) in [5.74, 6) is 5.56. The minimum atomic E-state index is -3.98. The zero-order chi connectivity index (χ0) is 91.4. The predicted molar refractivity (Wildman–Crippen MR) is 543 cm³/mol. The van der Waals surface area contributed by atoms with Crippen molar-refractivity contribution in [1.82, 2.24) is 20.8 Å². The molecular weight excluding hydrogens is 2160 g/mol. The first-order valence-corrected chi connectivity index (χ1v) is 55.4. The van der Waals surface area contributed by atoms with Crippen molar-refractivity contribution >= 4 is 176 Å². The average Bonchev–Trinajstić information content (AvgIpc) is 1.64. The van der Waals surface area contributed by atoms with E-state index < -0.39 is 22.8 Å². The quantitative estimate of drug-likeness (QED) is 0.0187. The van der Waals surface area contributed by atoms with Gasteiger partial charge in [0, 0.05) is 126 Å². The van der Waals surface area contributed by atoms with Crippen molar-refractivity contribution in [2.45, 2.75) is 204 Å². The summed E-state index contributed by atoms with van der Waals surface area (Å²) >= 11 is 49.0. The monoisotopic (exact) mass is 2270 g/mol. The summed E-state index contributed by atoms with van der Waals surface area (Å²) in [6.07, 6.45) is 17.4. The Morgan fingerprint density at radius 1 is 0.420 bits per heavy atom. The van der Waals surface area contributed by atoms with Crippen LogP contribution in [0.1, 0.15) is 179 Å². The second-order valence-electron chi connectivity index (χ2n) is 34.7. The summed E-state index contributed by atoms with van der Waals surface area (Å²) in [6, 6.07) is 51.0. The van der Waals surface area contributed by atoms with E-state index in [1.807, 2.05) is 119 Å². The molecule has 0 radical (unpaired) electrons. The molecular formula is C97H113Br3Cl6IN6O15P3. The zero-order valence-corrected chi connectivity index (χ0v) is 88.0. The van der Waals surface area contributed by atoms with Crippen molar-refractivity contribution in [2.24, 2.45) is 17.8 Å². The van der Waals surface area contributed by atoms with E-state index in [2.05, 4.69) is 139 Å². The molecule has 6 bridgehead atoms. The van der Waals surface area contributed by atoms with Gasteiger partial charge in [0.05, 0.1) is 113 Å². The maximum atomic E-state index is 12.8. The molecule has 21 nitrogen and oxygen atoms in total. The molecule has 0 unspecified atom stereocenters. The van der Waals surface area contributed by atoms with E-state index >= 15 is 0 Å². The van der Waals surface area contributed by atoms with Crippen LogP contribution < -0.4 is 15.1 Å².